The molecule has 3 atom stereocenters. The van der Waals surface area contributed by atoms with Gasteiger partial charge in [0.15, 0.2) is 0 Å². The number of amides is 2. The highest BCUT2D eigenvalue weighted by Gasteiger charge is 2.48. The largest absolute Gasteiger partial charge is 0.346 e. The summed E-state index contributed by atoms with van der Waals surface area (Å²) in [6.07, 6.45) is 4.80. The summed E-state index contributed by atoms with van der Waals surface area (Å²) in [5.74, 6) is -1.30. The minimum absolute atomic E-state index is 0.137. The third kappa shape index (κ3) is 4.42. The zero-order valence-corrected chi connectivity index (χ0v) is 21.6. The standard InChI is InChI=1S/C30H23ClFN5O2/c1-18-27(35-29(38)19-5-4-14-33-16-19)28(24-6-2-3-7-25(24)31)36(30(18)39)23-12-13-26-20(15-23)17-34-37(26)22-10-8-21(32)9-11-22/h2-18,27-28H,1H3,(H,35,38)/t18-,27-,28+/m0/s1. The molecule has 0 saturated carbocycles. The van der Waals surface area contributed by atoms with E-state index in [-0.39, 0.29) is 17.6 Å². The van der Waals surface area contributed by atoms with Gasteiger partial charge in [0.25, 0.3) is 5.91 Å². The van der Waals surface area contributed by atoms with Crippen molar-refractivity contribution in [3.8, 4) is 5.69 Å². The molecule has 5 aromatic rings. The Morgan fingerprint density at radius 1 is 0.974 bits per heavy atom. The van der Waals surface area contributed by atoms with Crippen LogP contribution in [0.4, 0.5) is 10.1 Å². The summed E-state index contributed by atoms with van der Waals surface area (Å²) in [4.78, 5) is 32.7. The maximum Gasteiger partial charge on any atom is 0.253 e. The van der Waals surface area contributed by atoms with Crippen molar-refractivity contribution in [1.29, 1.82) is 0 Å². The molecule has 1 aliphatic rings. The van der Waals surface area contributed by atoms with Gasteiger partial charge in [0.05, 0.1) is 41.0 Å². The number of hydrogen-bond donors (Lipinski definition) is 1. The second-order valence-corrected chi connectivity index (χ2v) is 9.89. The number of pyridine rings is 1. The number of carbonyl (C=O) groups is 2. The summed E-state index contributed by atoms with van der Waals surface area (Å²) >= 11 is 6.65. The monoisotopic (exact) mass is 539 g/mol. The molecule has 0 aliphatic carbocycles. The average molecular weight is 540 g/mol. The maximum absolute atomic E-state index is 13.8. The van der Waals surface area contributed by atoms with Crippen LogP contribution in [0.5, 0.6) is 0 Å². The van der Waals surface area contributed by atoms with E-state index in [1.54, 1.807) is 52.3 Å². The molecule has 1 fully saturated rings. The lowest BCUT2D eigenvalue weighted by atomic mass is 9.94. The molecule has 0 unspecified atom stereocenters. The SMILES string of the molecule is C[C@@H]1C(=O)N(c2ccc3c(cnn3-c3ccc(F)cc3)c2)[C@H](c2ccccc2Cl)[C@H]1NC(=O)c1cccnc1. The van der Waals surface area contributed by atoms with Crippen molar-refractivity contribution in [2.75, 3.05) is 4.90 Å². The van der Waals surface area contributed by atoms with E-state index in [2.05, 4.69) is 15.4 Å². The van der Waals surface area contributed by atoms with Crippen LogP contribution in [0.2, 0.25) is 5.02 Å². The molecule has 7 nitrogen and oxygen atoms in total. The Bertz CT molecular complexity index is 1690. The summed E-state index contributed by atoms with van der Waals surface area (Å²) in [7, 11) is 0. The Morgan fingerprint density at radius 2 is 1.74 bits per heavy atom. The van der Waals surface area contributed by atoms with Crippen LogP contribution in [-0.2, 0) is 4.79 Å². The summed E-state index contributed by atoms with van der Waals surface area (Å²) < 4.78 is 15.2. The molecule has 2 aromatic heterocycles. The first-order valence-electron chi connectivity index (χ1n) is 12.4. The van der Waals surface area contributed by atoms with Gasteiger partial charge in [-0.1, -0.05) is 36.7 Å². The molecule has 0 bridgehead atoms. The molecule has 0 radical (unpaired) electrons. The van der Waals surface area contributed by atoms with Gasteiger partial charge in [-0.3, -0.25) is 14.6 Å². The molecule has 9 heteroatoms. The number of nitrogens with one attached hydrogen (secondary N) is 1. The fraction of sp³-hybridized carbons (Fsp3) is 0.133. The lowest BCUT2D eigenvalue weighted by Crippen LogP contribution is -2.42. The van der Waals surface area contributed by atoms with Gasteiger partial charge in [-0.2, -0.15) is 5.10 Å². The molecule has 1 N–H and O–H groups in total. The van der Waals surface area contributed by atoms with E-state index < -0.39 is 18.0 Å². The van der Waals surface area contributed by atoms with Crippen molar-refractivity contribution in [3.05, 3.63) is 119 Å². The number of fused-ring (bicyclic) bond motifs is 1. The first-order valence-corrected chi connectivity index (χ1v) is 12.8. The number of hydrogen-bond acceptors (Lipinski definition) is 4. The van der Waals surface area contributed by atoms with E-state index in [1.807, 2.05) is 43.3 Å². The Labute approximate surface area is 228 Å². The number of nitrogens with zero attached hydrogens (tertiary/aromatic N) is 4. The molecule has 39 heavy (non-hydrogen) atoms. The molecule has 6 rings (SSSR count). The van der Waals surface area contributed by atoms with Gasteiger partial charge in [0, 0.05) is 28.5 Å². The molecule has 3 aromatic carbocycles. The highest BCUT2D eigenvalue weighted by molar-refractivity contribution is 6.31. The van der Waals surface area contributed by atoms with Crippen molar-refractivity contribution in [2.24, 2.45) is 5.92 Å². The minimum atomic E-state index is -0.553. The molecular weight excluding hydrogens is 517 g/mol. The predicted molar refractivity (Wildman–Crippen MR) is 147 cm³/mol. The lowest BCUT2D eigenvalue weighted by Gasteiger charge is -2.30. The Hall–Kier alpha value is -4.56. The zero-order chi connectivity index (χ0) is 27.1. The van der Waals surface area contributed by atoms with E-state index in [0.717, 1.165) is 22.2 Å². The minimum Gasteiger partial charge on any atom is -0.346 e. The van der Waals surface area contributed by atoms with Crippen LogP contribution in [0, 0.1) is 11.7 Å². The number of anilines is 1. The highest BCUT2D eigenvalue weighted by atomic mass is 35.5. The highest BCUT2D eigenvalue weighted by Crippen LogP contribution is 2.43. The topological polar surface area (TPSA) is 80.1 Å². The van der Waals surface area contributed by atoms with Crippen LogP contribution in [-0.4, -0.2) is 32.6 Å². The van der Waals surface area contributed by atoms with Crippen molar-refractivity contribution in [1.82, 2.24) is 20.1 Å². The van der Waals surface area contributed by atoms with Crippen molar-refractivity contribution in [2.45, 2.75) is 19.0 Å². The Kier molecular flexibility index (Phi) is 6.32. The van der Waals surface area contributed by atoms with Crippen LogP contribution < -0.4 is 10.2 Å². The molecule has 3 heterocycles. The fourth-order valence-electron chi connectivity index (χ4n) is 5.17. The fourth-order valence-corrected chi connectivity index (χ4v) is 5.42. The van der Waals surface area contributed by atoms with Gasteiger partial charge in [-0.15, -0.1) is 0 Å². The summed E-state index contributed by atoms with van der Waals surface area (Å²) in [5, 5.41) is 8.86. The number of rotatable bonds is 5. The van der Waals surface area contributed by atoms with Gasteiger partial charge in [0.1, 0.15) is 5.82 Å². The van der Waals surface area contributed by atoms with Gasteiger partial charge in [0.2, 0.25) is 5.91 Å². The van der Waals surface area contributed by atoms with E-state index in [1.165, 1.54) is 18.3 Å². The number of aromatic nitrogens is 3. The van der Waals surface area contributed by atoms with Crippen LogP contribution in [0.25, 0.3) is 16.6 Å². The summed E-state index contributed by atoms with van der Waals surface area (Å²) in [6, 6.07) is 21.3. The summed E-state index contributed by atoms with van der Waals surface area (Å²) in [5.41, 5.74) is 3.32. The van der Waals surface area contributed by atoms with Gasteiger partial charge in [-0.05, 0) is 66.2 Å². The lowest BCUT2D eigenvalue weighted by molar-refractivity contribution is -0.120. The molecule has 194 valence electrons. The predicted octanol–water partition coefficient (Wildman–Crippen LogP) is 5.74. The van der Waals surface area contributed by atoms with E-state index in [0.29, 0.717) is 16.3 Å². The molecule has 1 aliphatic heterocycles. The Morgan fingerprint density at radius 3 is 2.49 bits per heavy atom. The zero-order valence-electron chi connectivity index (χ0n) is 20.8. The van der Waals surface area contributed by atoms with Crippen LogP contribution in [0.3, 0.4) is 0 Å². The van der Waals surface area contributed by atoms with Crippen LogP contribution in [0.15, 0.2) is 97.5 Å². The van der Waals surface area contributed by atoms with Crippen molar-refractivity contribution < 1.29 is 14.0 Å². The van der Waals surface area contributed by atoms with Crippen molar-refractivity contribution >= 4 is 40.0 Å². The second kappa shape index (κ2) is 9.96. The van der Waals surface area contributed by atoms with Crippen LogP contribution in [0.1, 0.15) is 28.9 Å². The van der Waals surface area contributed by atoms with E-state index in [9.17, 15) is 14.0 Å². The Balaban J connectivity index is 1.42. The van der Waals surface area contributed by atoms with Crippen molar-refractivity contribution in [3.63, 3.8) is 0 Å². The first kappa shape index (κ1) is 24.8. The molecule has 0 spiro atoms. The quantitative estimate of drug-likeness (QED) is 0.309. The molecule has 1 saturated heterocycles. The first-order chi connectivity index (χ1) is 18.9. The number of benzene rings is 3. The van der Waals surface area contributed by atoms with Gasteiger partial charge >= 0.3 is 0 Å². The smallest absolute Gasteiger partial charge is 0.253 e. The molecular formula is C30H23ClFN5O2. The second-order valence-electron chi connectivity index (χ2n) is 9.48. The van der Waals surface area contributed by atoms with Gasteiger partial charge < -0.3 is 10.2 Å². The van der Waals surface area contributed by atoms with E-state index >= 15 is 0 Å². The van der Waals surface area contributed by atoms with Gasteiger partial charge in [-0.25, -0.2) is 9.07 Å². The number of carbonyl (C=O) groups excluding carboxylic acids is 2. The average Bonchev–Trinajstić information content (AvgIpc) is 3.48. The maximum atomic E-state index is 13.8. The number of halogens is 2. The third-order valence-corrected chi connectivity index (χ3v) is 7.47. The molecule has 2 amide bonds. The van der Waals surface area contributed by atoms with E-state index in [4.69, 9.17) is 11.6 Å². The normalized spacial score (nSPS) is 19.0. The summed E-state index contributed by atoms with van der Waals surface area (Å²) in [6.45, 7) is 1.81. The van der Waals surface area contributed by atoms with Crippen LogP contribution >= 0.6 is 11.6 Å². The third-order valence-electron chi connectivity index (χ3n) is 7.13.